The van der Waals surface area contributed by atoms with Crippen molar-refractivity contribution in [3.63, 3.8) is 0 Å². The molecule has 0 spiro atoms. The second-order valence-electron chi connectivity index (χ2n) is 8.93. The van der Waals surface area contributed by atoms with Crippen LogP contribution >= 0.6 is 0 Å². The summed E-state index contributed by atoms with van der Waals surface area (Å²) in [6, 6.07) is 15.6. The number of carbonyl (C=O) groups is 1. The number of para-hydroxylation sites is 1. The number of nitrogens with zero attached hydrogens (tertiary/aromatic N) is 3. The van der Waals surface area contributed by atoms with E-state index in [0.29, 0.717) is 37.4 Å². The molecular weight excluding hydrogens is 430 g/mol. The molecule has 34 heavy (non-hydrogen) atoms. The molecule has 8 heteroatoms. The standard InChI is InChI=1S/C26H33N5O3/c1-18-10-11-20(16-33-4)12-22(18)13-27-26(32)28-24-19(2)25(34-17-21-14-30(3)15-21)29-31(24)23-8-6-5-7-9-23/h5-12,21H,13-17H2,1-4H3,(H2,27,28,32). The van der Waals surface area contributed by atoms with Gasteiger partial charge in [0, 0.05) is 32.7 Å². The minimum Gasteiger partial charge on any atom is -0.476 e. The number of hydrogen-bond acceptors (Lipinski definition) is 5. The van der Waals surface area contributed by atoms with Crippen LogP contribution in [0.4, 0.5) is 10.6 Å². The number of rotatable bonds is 9. The van der Waals surface area contributed by atoms with Gasteiger partial charge in [0.1, 0.15) is 5.82 Å². The van der Waals surface area contributed by atoms with Gasteiger partial charge in [-0.2, -0.15) is 0 Å². The molecule has 1 aromatic heterocycles. The molecular formula is C26H33N5O3. The van der Waals surface area contributed by atoms with Crippen LogP contribution in [0.3, 0.4) is 0 Å². The Labute approximate surface area is 200 Å². The van der Waals surface area contributed by atoms with Crippen LogP contribution < -0.4 is 15.4 Å². The predicted octanol–water partition coefficient (Wildman–Crippen LogP) is 3.90. The van der Waals surface area contributed by atoms with Crippen LogP contribution in [0.25, 0.3) is 5.69 Å². The number of benzene rings is 2. The fourth-order valence-corrected chi connectivity index (χ4v) is 4.15. The van der Waals surface area contributed by atoms with Gasteiger partial charge >= 0.3 is 6.03 Å². The normalized spacial score (nSPS) is 14.0. The van der Waals surface area contributed by atoms with E-state index in [1.165, 1.54) is 0 Å². The van der Waals surface area contributed by atoms with E-state index in [2.05, 4.69) is 33.7 Å². The number of nitrogens with one attached hydrogen (secondary N) is 2. The van der Waals surface area contributed by atoms with Crippen LogP contribution in [0.1, 0.15) is 22.3 Å². The van der Waals surface area contributed by atoms with Crippen LogP contribution in [-0.4, -0.2) is 54.6 Å². The maximum Gasteiger partial charge on any atom is 0.320 e. The summed E-state index contributed by atoms with van der Waals surface area (Å²) < 4.78 is 13.0. The fourth-order valence-electron chi connectivity index (χ4n) is 4.15. The molecule has 4 rings (SSSR count). The summed E-state index contributed by atoms with van der Waals surface area (Å²) in [5.41, 5.74) is 4.88. The molecule has 2 N–H and O–H groups in total. The third-order valence-corrected chi connectivity index (χ3v) is 6.07. The lowest BCUT2D eigenvalue weighted by molar-refractivity contribution is 0.0834. The van der Waals surface area contributed by atoms with E-state index in [4.69, 9.17) is 9.47 Å². The molecule has 1 aliphatic heterocycles. The molecule has 3 aromatic rings. The second kappa shape index (κ2) is 10.7. The first-order chi connectivity index (χ1) is 16.4. The van der Waals surface area contributed by atoms with Gasteiger partial charge in [0.2, 0.25) is 5.88 Å². The molecule has 0 aliphatic carbocycles. The quantitative estimate of drug-likeness (QED) is 0.503. The van der Waals surface area contributed by atoms with E-state index in [1.807, 2.05) is 56.3 Å². The number of urea groups is 1. The molecule has 0 atom stereocenters. The SMILES string of the molecule is COCc1ccc(C)c(CNC(=O)Nc2c(C)c(OCC3CN(C)C3)nn2-c2ccccc2)c1. The highest BCUT2D eigenvalue weighted by Gasteiger charge is 2.25. The Bertz CT molecular complexity index is 1120. The molecule has 2 aromatic carbocycles. The second-order valence-corrected chi connectivity index (χ2v) is 8.93. The lowest BCUT2D eigenvalue weighted by atomic mass is 10.0. The lowest BCUT2D eigenvalue weighted by Gasteiger charge is -2.35. The Kier molecular flexibility index (Phi) is 7.49. The molecule has 2 amide bonds. The largest absolute Gasteiger partial charge is 0.476 e. The van der Waals surface area contributed by atoms with Crippen molar-refractivity contribution >= 4 is 11.8 Å². The highest BCUT2D eigenvalue weighted by Crippen LogP contribution is 2.29. The van der Waals surface area contributed by atoms with Gasteiger partial charge in [-0.15, -0.1) is 5.10 Å². The van der Waals surface area contributed by atoms with Crippen LogP contribution in [0.2, 0.25) is 0 Å². The average Bonchev–Trinajstić information content (AvgIpc) is 3.12. The molecule has 0 bridgehead atoms. The van der Waals surface area contributed by atoms with Crippen LogP contribution in [0.5, 0.6) is 5.88 Å². The van der Waals surface area contributed by atoms with Gasteiger partial charge in [-0.1, -0.05) is 36.4 Å². The number of carbonyl (C=O) groups excluding carboxylic acids is 1. The number of amides is 2. The minimum absolute atomic E-state index is 0.302. The number of aromatic nitrogens is 2. The van der Waals surface area contributed by atoms with E-state index in [1.54, 1.807) is 11.8 Å². The first-order valence-electron chi connectivity index (χ1n) is 11.5. The maximum atomic E-state index is 12.9. The summed E-state index contributed by atoms with van der Waals surface area (Å²) in [5, 5.41) is 10.6. The van der Waals surface area contributed by atoms with Gasteiger partial charge in [-0.05, 0) is 49.7 Å². The molecule has 8 nitrogen and oxygen atoms in total. The van der Waals surface area contributed by atoms with Crippen LogP contribution in [0, 0.1) is 19.8 Å². The summed E-state index contributed by atoms with van der Waals surface area (Å²) in [5.74, 6) is 1.63. The first kappa shape index (κ1) is 23.8. The maximum absolute atomic E-state index is 12.9. The van der Waals surface area contributed by atoms with Crippen molar-refractivity contribution in [2.24, 2.45) is 5.92 Å². The highest BCUT2D eigenvalue weighted by molar-refractivity contribution is 5.89. The summed E-state index contributed by atoms with van der Waals surface area (Å²) in [6.45, 7) is 7.56. The van der Waals surface area contributed by atoms with Gasteiger partial charge in [-0.3, -0.25) is 5.32 Å². The summed E-state index contributed by atoms with van der Waals surface area (Å²) >= 11 is 0. The zero-order valence-corrected chi connectivity index (χ0v) is 20.3. The zero-order chi connectivity index (χ0) is 24.1. The Morgan fingerprint density at radius 3 is 2.62 bits per heavy atom. The Hall–Kier alpha value is -3.36. The number of likely N-dealkylation sites (tertiary alicyclic amines) is 1. The monoisotopic (exact) mass is 463 g/mol. The Balaban J connectivity index is 1.48. The van der Waals surface area contributed by atoms with Crippen LogP contribution in [-0.2, 0) is 17.9 Å². The number of ether oxygens (including phenoxy) is 2. The average molecular weight is 464 g/mol. The van der Waals surface area contributed by atoms with Gasteiger partial charge in [0.05, 0.1) is 24.5 Å². The van der Waals surface area contributed by atoms with Gasteiger partial charge in [0.25, 0.3) is 0 Å². The topological polar surface area (TPSA) is 80.7 Å². The first-order valence-corrected chi connectivity index (χ1v) is 11.5. The lowest BCUT2D eigenvalue weighted by Crippen LogP contribution is -2.46. The number of anilines is 1. The molecule has 0 unspecified atom stereocenters. The van der Waals surface area contributed by atoms with Gasteiger partial charge in [-0.25, -0.2) is 9.48 Å². The number of hydrogen-bond donors (Lipinski definition) is 2. The van der Waals surface area contributed by atoms with Gasteiger partial charge < -0.3 is 19.7 Å². The van der Waals surface area contributed by atoms with E-state index in [9.17, 15) is 4.79 Å². The number of aryl methyl sites for hydroxylation is 1. The van der Waals surface area contributed by atoms with Crippen molar-refractivity contribution in [2.45, 2.75) is 27.0 Å². The van der Waals surface area contributed by atoms with Crippen molar-refractivity contribution in [1.82, 2.24) is 20.0 Å². The highest BCUT2D eigenvalue weighted by atomic mass is 16.5. The van der Waals surface area contributed by atoms with Crippen molar-refractivity contribution in [1.29, 1.82) is 0 Å². The third-order valence-electron chi connectivity index (χ3n) is 6.07. The molecule has 180 valence electrons. The fraction of sp³-hybridized carbons (Fsp3) is 0.385. The summed E-state index contributed by atoms with van der Waals surface area (Å²) in [6.07, 6.45) is 0. The third kappa shape index (κ3) is 5.58. The van der Waals surface area contributed by atoms with Crippen molar-refractivity contribution < 1.29 is 14.3 Å². The number of methoxy groups -OCH3 is 1. The minimum atomic E-state index is -0.302. The Morgan fingerprint density at radius 2 is 1.91 bits per heavy atom. The molecule has 0 radical (unpaired) electrons. The smallest absolute Gasteiger partial charge is 0.320 e. The van der Waals surface area contributed by atoms with E-state index in [0.717, 1.165) is 41.0 Å². The van der Waals surface area contributed by atoms with E-state index in [-0.39, 0.29) is 6.03 Å². The Morgan fingerprint density at radius 1 is 1.15 bits per heavy atom. The van der Waals surface area contributed by atoms with E-state index >= 15 is 0 Å². The summed E-state index contributed by atoms with van der Waals surface area (Å²) in [4.78, 5) is 15.1. The molecule has 2 heterocycles. The molecule has 1 fully saturated rings. The van der Waals surface area contributed by atoms with Gasteiger partial charge in [0.15, 0.2) is 0 Å². The molecule has 1 aliphatic rings. The predicted molar refractivity (Wildman–Crippen MR) is 133 cm³/mol. The van der Waals surface area contributed by atoms with E-state index < -0.39 is 0 Å². The summed E-state index contributed by atoms with van der Waals surface area (Å²) in [7, 11) is 3.77. The van der Waals surface area contributed by atoms with Crippen molar-refractivity contribution in [3.8, 4) is 11.6 Å². The van der Waals surface area contributed by atoms with Crippen molar-refractivity contribution in [3.05, 3.63) is 70.8 Å². The van der Waals surface area contributed by atoms with Crippen molar-refractivity contribution in [2.75, 3.05) is 39.2 Å². The zero-order valence-electron chi connectivity index (χ0n) is 20.3. The molecule has 1 saturated heterocycles. The van der Waals surface area contributed by atoms with Crippen LogP contribution in [0.15, 0.2) is 48.5 Å². The molecule has 0 saturated carbocycles.